The second kappa shape index (κ2) is 6.85. The highest BCUT2D eigenvalue weighted by molar-refractivity contribution is 7.17. The van der Waals surface area contributed by atoms with Crippen LogP contribution in [-0.2, 0) is 6.54 Å². The van der Waals surface area contributed by atoms with E-state index in [1.54, 1.807) is 30.3 Å². The van der Waals surface area contributed by atoms with Crippen molar-refractivity contribution in [1.82, 2.24) is 15.3 Å². The minimum atomic E-state index is -0.301. The highest BCUT2D eigenvalue weighted by Gasteiger charge is 2.09. The van der Waals surface area contributed by atoms with Crippen molar-refractivity contribution in [2.24, 2.45) is 0 Å². The molecule has 0 spiro atoms. The van der Waals surface area contributed by atoms with Crippen molar-refractivity contribution in [2.45, 2.75) is 6.54 Å². The van der Waals surface area contributed by atoms with E-state index in [1.165, 1.54) is 29.8 Å². The summed E-state index contributed by atoms with van der Waals surface area (Å²) in [6.45, 7) is 0.269. The SMILES string of the molecule is O=C(NCc1cc(-c2ccc(F)cc2)ncn1)c1ccc(Cl)s1. The van der Waals surface area contributed by atoms with Crippen molar-refractivity contribution in [3.63, 3.8) is 0 Å². The van der Waals surface area contributed by atoms with E-state index in [9.17, 15) is 9.18 Å². The summed E-state index contributed by atoms with van der Waals surface area (Å²) >= 11 is 7.03. The Bertz CT molecular complexity index is 835. The Balaban J connectivity index is 1.70. The zero-order valence-corrected chi connectivity index (χ0v) is 13.4. The smallest absolute Gasteiger partial charge is 0.261 e. The fourth-order valence-corrected chi connectivity index (χ4v) is 2.93. The third-order valence-corrected chi connectivity index (χ3v) is 4.32. The molecule has 0 saturated carbocycles. The van der Waals surface area contributed by atoms with Crippen LogP contribution in [0.25, 0.3) is 11.3 Å². The number of amides is 1. The lowest BCUT2D eigenvalue weighted by molar-refractivity contribution is 0.0954. The number of nitrogens with one attached hydrogen (secondary N) is 1. The molecule has 23 heavy (non-hydrogen) atoms. The van der Waals surface area contributed by atoms with Gasteiger partial charge in [-0.25, -0.2) is 14.4 Å². The number of carbonyl (C=O) groups excluding carboxylic acids is 1. The molecular weight excluding hydrogens is 337 g/mol. The molecule has 2 heterocycles. The summed E-state index contributed by atoms with van der Waals surface area (Å²) in [7, 11) is 0. The van der Waals surface area contributed by atoms with Crippen LogP contribution in [0.2, 0.25) is 4.34 Å². The van der Waals surface area contributed by atoms with E-state index in [0.717, 1.165) is 5.56 Å². The first-order chi connectivity index (χ1) is 11.1. The van der Waals surface area contributed by atoms with E-state index in [2.05, 4.69) is 15.3 Å². The lowest BCUT2D eigenvalue weighted by Crippen LogP contribution is -2.22. The molecule has 0 fully saturated rings. The Morgan fingerprint density at radius 2 is 1.96 bits per heavy atom. The van der Waals surface area contributed by atoms with Crippen LogP contribution in [0, 0.1) is 5.82 Å². The molecule has 3 rings (SSSR count). The third kappa shape index (κ3) is 3.91. The first kappa shape index (κ1) is 15.6. The highest BCUT2D eigenvalue weighted by Crippen LogP contribution is 2.21. The molecule has 0 aliphatic carbocycles. The van der Waals surface area contributed by atoms with Gasteiger partial charge >= 0.3 is 0 Å². The zero-order chi connectivity index (χ0) is 16.2. The Morgan fingerprint density at radius 3 is 2.65 bits per heavy atom. The van der Waals surface area contributed by atoms with E-state index in [0.29, 0.717) is 20.6 Å². The normalized spacial score (nSPS) is 10.5. The standard InChI is InChI=1S/C16H11ClFN3OS/c17-15-6-5-14(23-15)16(22)19-8-12-7-13(21-9-20-12)10-1-3-11(18)4-2-10/h1-7,9H,8H2,(H,19,22). The third-order valence-electron chi connectivity index (χ3n) is 3.09. The molecule has 0 saturated heterocycles. The molecule has 0 aliphatic rings. The number of hydrogen-bond acceptors (Lipinski definition) is 4. The fraction of sp³-hybridized carbons (Fsp3) is 0.0625. The van der Waals surface area contributed by atoms with Gasteiger partial charge in [-0.1, -0.05) is 11.6 Å². The van der Waals surface area contributed by atoms with Crippen molar-refractivity contribution in [1.29, 1.82) is 0 Å². The van der Waals surface area contributed by atoms with Gasteiger partial charge in [0.1, 0.15) is 12.1 Å². The van der Waals surface area contributed by atoms with Gasteiger partial charge in [0.2, 0.25) is 0 Å². The average Bonchev–Trinajstić information content (AvgIpc) is 3.00. The van der Waals surface area contributed by atoms with Gasteiger partial charge in [0.15, 0.2) is 0 Å². The predicted molar refractivity (Wildman–Crippen MR) is 87.9 cm³/mol. The second-order valence-corrected chi connectivity index (χ2v) is 6.40. The molecule has 116 valence electrons. The van der Waals surface area contributed by atoms with Crippen LogP contribution in [0.4, 0.5) is 4.39 Å². The van der Waals surface area contributed by atoms with Crippen LogP contribution in [0.15, 0.2) is 48.8 Å². The molecule has 2 aromatic heterocycles. The highest BCUT2D eigenvalue weighted by atomic mass is 35.5. The molecule has 4 nitrogen and oxygen atoms in total. The molecule has 0 bridgehead atoms. The number of halogens is 2. The molecule has 1 amide bonds. The summed E-state index contributed by atoms with van der Waals surface area (Å²) in [5.41, 5.74) is 2.12. The van der Waals surface area contributed by atoms with Crippen molar-refractivity contribution in [3.05, 3.63) is 69.5 Å². The minimum absolute atomic E-state index is 0.205. The lowest BCUT2D eigenvalue weighted by Gasteiger charge is -2.05. The van der Waals surface area contributed by atoms with E-state index in [1.807, 2.05) is 0 Å². The van der Waals surface area contributed by atoms with Crippen LogP contribution in [0.1, 0.15) is 15.4 Å². The number of aromatic nitrogens is 2. The largest absolute Gasteiger partial charge is 0.346 e. The number of rotatable bonds is 4. The van der Waals surface area contributed by atoms with Crippen molar-refractivity contribution in [3.8, 4) is 11.3 Å². The molecule has 3 aromatic rings. The number of hydrogen-bond donors (Lipinski definition) is 1. The van der Waals surface area contributed by atoms with Gasteiger partial charge in [0, 0.05) is 5.56 Å². The van der Waals surface area contributed by atoms with Gasteiger partial charge in [-0.3, -0.25) is 4.79 Å². The van der Waals surface area contributed by atoms with E-state index in [-0.39, 0.29) is 18.3 Å². The fourth-order valence-electron chi connectivity index (χ4n) is 1.97. The van der Waals surface area contributed by atoms with Crippen LogP contribution in [0.3, 0.4) is 0 Å². The maximum absolute atomic E-state index is 13.0. The minimum Gasteiger partial charge on any atom is -0.346 e. The van der Waals surface area contributed by atoms with E-state index < -0.39 is 0 Å². The Morgan fingerprint density at radius 1 is 1.17 bits per heavy atom. The number of thiophene rings is 1. The van der Waals surface area contributed by atoms with Crippen LogP contribution in [-0.4, -0.2) is 15.9 Å². The molecule has 7 heteroatoms. The maximum atomic E-state index is 13.0. The van der Waals surface area contributed by atoms with Crippen LogP contribution < -0.4 is 5.32 Å². The molecule has 0 radical (unpaired) electrons. The Labute approximate surface area is 141 Å². The topological polar surface area (TPSA) is 54.9 Å². The summed E-state index contributed by atoms with van der Waals surface area (Å²) in [4.78, 5) is 20.8. The summed E-state index contributed by atoms with van der Waals surface area (Å²) in [5, 5.41) is 2.78. The Kier molecular flexibility index (Phi) is 4.64. The van der Waals surface area contributed by atoms with Crippen LogP contribution in [0.5, 0.6) is 0 Å². The average molecular weight is 348 g/mol. The number of benzene rings is 1. The first-order valence-corrected chi connectivity index (χ1v) is 7.91. The zero-order valence-electron chi connectivity index (χ0n) is 11.8. The molecule has 0 unspecified atom stereocenters. The molecular formula is C16H11ClFN3OS. The predicted octanol–water partition coefficient (Wildman–Crippen LogP) is 3.93. The second-order valence-electron chi connectivity index (χ2n) is 4.69. The van der Waals surface area contributed by atoms with Gasteiger partial charge in [0.05, 0.1) is 27.1 Å². The molecule has 1 N–H and O–H groups in total. The molecule has 1 aromatic carbocycles. The summed E-state index contributed by atoms with van der Waals surface area (Å²) < 4.78 is 13.5. The van der Waals surface area contributed by atoms with Gasteiger partial charge in [-0.15, -0.1) is 11.3 Å². The van der Waals surface area contributed by atoms with Gasteiger partial charge in [-0.05, 0) is 42.5 Å². The maximum Gasteiger partial charge on any atom is 0.261 e. The molecule has 0 atom stereocenters. The monoisotopic (exact) mass is 347 g/mol. The number of carbonyl (C=O) groups is 1. The first-order valence-electron chi connectivity index (χ1n) is 6.72. The summed E-state index contributed by atoms with van der Waals surface area (Å²) in [6, 6.07) is 11.2. The summed E-state index contributed by atoms with van der Waals surface area (Å²) in [6.07, 6.45) is 1.42. The Hall–Kier alpha value is -2.31. The van der Waals surface area contributed by atoms with Crippen molar-refractivity contribution in [2.75, 3.05) is 0 Å². The molecule has 0 aliphatic heterocycles. The summed E-state index contributed by atoms with van der Waals surface area (Å²) in [5.74, 6) is -0.506. The lowest BCUT2D eigenvalue weighted by atomic mass is 10.1. The van der Waals surface area contributed by atoms with Gasteiger partial charge in [0.25, 0.3) is 5.91 Å². The van der Waals surface area contributed by atoms with Crippen LogP contribution >= 0.6 is 22.9 Å². The van der Waals surface area contributed by atoms with Crippen molar-refractivity contribution < 1.29 is 9.18 Å². The van der Waals surface area contributed by atoms with E-state index >= 15 is 0 Å². The van der Waals surface area contributed by atoms with Gasteiger partial charge in [-0.2, -0.15) is 0 Å². The van der Waals surface area contributed by atoms with Gasteiger partial charge < -0.3 is 5.32 Å². The van der Waals surface area contributed by atoms with Crippen molar-refractivity contribution >= 4 is 28.8 Å². The number of nitrogens with zero attached hydrogens (tertiary/aromatic N) is 2. The van der Waals surface area contributed by atoms with E-state index in [4.69, 9.17) is 11.6 Å². The quantitative estimate of drug-likeness (QED) is 0.778.